The van der Waals surface area contributed by atoms with E-state index in [1.54, 1.807) is 0 Å². The molecule has 1 aromatic carbocycles. The Morgan fingerprint density at radius 2 is 1.96 bits per heavy atom. The highest BCUT2D eigenvalue weighted by Gasteiger charge is 2.24. The number of benzene rings is 1. The number of allylic oxidation sites excluding steroid dienone is 2. The van der Waals surface area contributed by atoms with Gasteiger partial charge in [0.2, 0.25) is 0 Å². The van der Waals surface area contributed by atoms with Gasteiger partial charge in [0, 0.05) is 25.7 Å². The number of nitrogens with zero attached hydrogens (tertiary/aromatic N) is 1. The zero-order chi connectivity index (χ0) is 19.9. The van der Waals surface area contributed by atoms with Crippen molar-refractivity contribution < 1.29 is 14.3 Å². The van der Waals surface area contributed by atoms with Crippen molar-refractivity contribution in [2.24, 2.45) is 5.73 Å². The van der Waals surface area contributed by atoms with Gasteiger partial charge in [0.25, 0.3) is 0 Å². The number of hydrogen-bond donors (Lipinski definition) is 2. The van der Waals surface area contributed by atoms with Gasteiger partial charge >= 0.3 is 6.03 Å². The first-order valence-electron chi connectivity index (χ1n) is 10.1. The summed E-state index contributed by atoms with van der Waals surface area (Å²) in [4.78, 5) is 13.4. The molecule has 1 aromatic rings. The van der Waals surface area contributed by atoms with Gasteiger partial charge in [-0.25, -0.2) is 4.79 Å². The minimum absolute atomic E-state index is 0.0788. The molecule has 3 N–H and O–H groups in total. The van der Waals surface area contributed by atoms with Crippen molar-refractivity contribution in [1.29, 1.82) is 0 Å². The van der Waals surface area contributed by atoms with Gasteiger partial charge in [0.15, 0.2) is 17.6 Å². The Balaban J connectivity index is 1.53. The molecule has 6 nitrogen and oxygen atoms in total. The van der Waals surface area contributed by atoms with E-state index >= 15 is 0 Å². The normalized spacial score (nSPS) is 24.0. The van der Waals surface area contributed by atoms with Crippen LogP contribution in [0.15, 0.2) is 47.9 Å². The van der Waals surface area contributed by atoms with Gasteiger partial charge in [-0.1, -0.05) is 31.2 Å². The number of amides is 2. The quantitative estimate of drug-likeness (QED) is 0.812. The van der Waals surface area contributed by atoms with Gasteiger partial charge in [-0.2, -0.15) is 0 Å². The molecule has 2 heterocycles. The summed E-state index contributed by atoms with van der Waals surface area (Å²) in [7, 11) is 0. The smallest absolute Gasteiger partial charge is 0.312 e. The number of nitrogens with two attached hydrogens (primary N) is 1. The van der Waals surface area contributed by atoms with Gasteiger partial charge in [-0.15, -0.1) is 0 Å². The molecule has 0 bridgehead atoms. The van der Waals surface area contributed by atoms with Crippen molar-refractivity contribution >= 4 is 6.03 Å². The molecular weight excluding hydrogens is 354 g/mol. The Bertz CT molecular complexity index is 719. The first-order chi connectivity index (χ1) is 13.6. The van der Waals surface area contributed by atoms with Crippen LogP contribution >= 0.6 is 0 Å². The van der Waals surface area contributed by atoms with E-state index < -0.39 is 6.03 Å². The third kappa shape index (κ3) is 5.29. The molecule has 28 heavy (non-hydrogen) atoms. The number of carbonyl (C=O) groups is 1. The maximum Gasteiger partial charge on any atom is 0.312 e. The summed E-state index contributed by atoms with van der Waals surface area (Å²) in [5, 5.41) is 2.81. The molecule has 6 heteroatoms. The lowest BCUT2D eigenvalue weighted by molar-refractivity contribution is -0.00894. The first kappa shape index (κ1) is 20.3. The van der Waals surface area contributed by atoms with Crippen molar-refractivity contribution in [3.63, 3.8) is 0 Å². The average molecular weight is 386 g/mol. The molecule has 0 aliphatic carbocycles. The third-order valence-corrected chi connectivity index (χ3v) is 5.25. The molecule has 0 saturated carbocycles. The lowest BCUT2D eigenvalue weighted by atomic mass is 10.0. The highest BCUT2D eigenvalue weighted by Crippen LogP contribution is 2.31. The predicted molar refractivity (Wildman–Crippen MR) is 109 cm³/mol. The molecule has 2 amide bonds. The van der Waals surface area contributed by atoms with Crippen LogP contribution in [0.3, 0.4) is 0 Å². The van der Waals surface area contributed by atoms with Crippen molar-refractivity contribution in [2.75, 3.05) is 19.7 Å². The Morgan fingerprint density at radius 3 is 2.57 bits per heavy atom. The van der Waals surface area contributed by atoms with Crippen LogP contribution in [-0.2, 0) is 16.0 Å². The van der Waals surface area contributed by atoms with Crippen LogP contribution in [0.2, 0.25) is 0 Å². The molecule has 2 fully saturated rings. The molecule has 2 aliphatic rings. The molecule has 0 aromatic heterocycles. The van der Waals surface area contributed by atoms with E-state index in [2.05, 4.69) is 47.5 Å². The fraction of sp³-hybridized carbons (Fsp3) is 0.500. The maximum atomic E-state index is 11.0. The van der Waals surface area contributed by atoms with E-state index in [0.29, 0.717) is 6.61 Å². The number of urea groups is 1. The fourth-order valence-corrected chi connectivity index (χ4v) is 3.73. The Kier molecular flexibility index (Phi) is 6.98. The number of hydrogen-bond acceptors (Lipinski definition) is 4. The number of ether oxygens (including phenoxy) is 2. The zero-order valence-electron chi connectivity index (χ0n) is 16.8. The Morgan fingerprint density at radius 1 is 1.25 bits per heavy atom. The molecule has 1 atom stereocenters. The summed E-state index contributed by atoms with van der Waals surface area (Å²) in [6.07, 6.45) is 6.73. The van der Waals surface area contributed by atoms with Gasteiger partial charge in [0.1, 0.15) is 6.61 Å². The maximum absolute atomic E-state index is 11.0. The summed E-state index contributed by atoms with van der Waals surface area (Å²) < 4.78 is 12.0. The highest BCUT2D eigenvalue weighted by atomic mass is 16.6. The van der Waals surface area contributed by atoms with Crippen LogP contribution in [0.5, 0.6) is 0 Å². The highest BCUT2D eigenvalue weighted by molar-refractivity contribution is 5.71. The van der Waals surface area contributed by atoms with Crippen LogP contribution in [0, 0.1) is 0 Å². The Labute approximate surface area is 167 Å². The second kappa shape index (κ2) is 9.64. The van der Waals surface area contributed by atoms with Crippen LogP contribution in [0.1, 0.15) is 50.3 Å². The van der Waals surface area contributed by atoms with Gasteiger partial charge < -0.3 is 20.5 Å². The molecule has 1 unspecified atom stereocenters. The number of nitrogens with one attached hydrogen (secondary N) is 1. The van der Waals surface area contributed by atoms with Crippen LogP contribution < -0.4 is 11.1 Å². The summed E-state index contributed by atoms with van der Waals surface area (Å²) in [6.45, 7) is 7.42. The monoisotopic (exact) mass is 385 g/mol. The molecule has 3 rings (SSSR count). The van der Waals surface area contributed by atoms with Gasteiger partial charge in [0.05, 0.1) is 0 Å². The Hall–Kier alpha value is -2.47. The number of piperidine rings is 1. The predicted octanol–water partition coefficient (Wildman–Crippen LogP) is 3.60. The second-order valence-electron chi connectivity index (χ2n) is 7.35. The molecule has 152 valence electrons. The van der Waals surface area contributed by atoms with E-state index in [-0.39, 0.29) is 12.1 Å². The van der Waals surface area contributed by atoms with Crippen molar-refractivity contribution in [1.82, 2.24) is 10.2 Å². The number of likely N-dealkylation sites (tertiary alicyclic amines) is 1. The number of primary amides is 1. The van der Waals surface area contributed by atoms with Crippen molar-refractivity contribution in [3.05, 3.63) is 59.1 Å². The van der Waals surface area contributed by atoms with E-state index in [1.807, 2.05) is 13.0 Å². The average Bonchev–Trinajstić information content (AvgIpc) is 2.70. The first-order valence-corrected chi connectivity index (χ1v) is 10.1. The van der Waals surface area contributed by atoms with E-state index in [0.717, 1.165) is 56.0 Å². The molecular formula is C22H31N3O3. The van der Waals surface area contributed by atoms with Crippen LogP contribution in [0.25, 0.3) is 0 Å². The standard InChI is InChI=1S/C22H31N3O3/c1-3-5-20-19(4-2)28-21(15-27-20)17-8-6-16(7-9-17)14-25-12-10-18(11-13-25)24-22(23)26/h4-9,18,21H,3,10-15H2,1-2H3,(H3,23,24,26)/b19-4+,20-5+. The van der Waals surface area contributed by atoms with E-state index in [4.69, 9.17) is 15.2 Å². The number of carbonyl (C=O) groups excluding carboxylic acids is 1. The lowest BCUT2D eigenvalue weighted by Gasteiger charge is -2.32. The summed E-state index contributed by atoms with van der Waals surface area (Å²) >= 11 is 0. The van der Waals surface area contributed by atoms with Gasteiger partial charge in [-0.3, -0.25) is 4.90 Å². The minimum atomic E-state index is -0.429. The van der Waals surface area contributed by atoms with E-state index in [9.17, 15) is 4.79 Å². The largest absolute Gasteiger partial charge is 0.486 e. The van der Waals surface area contributed by atoms with Crippen LogP contribution in [0.4, 0.5) is 4.79 Å². The lowest BCUT2D eigenvalue weighted by Crippen LogP contribution is -2.46. The second-order valence-corrected chi connectivity index (χ2v) is 7.35. The summed E-state index contributed by atoms with van der Waals surface area (Å²) in [5.41, 5.74) is 7.61. The molecule has 0 spiro atoms. The SMILES string of the molecule is C/C=C1/OC(c2ccc(CN3CCC(NC(N)=O)CC3)cc2)CO/C1=C/CC. The van der Waals surface area contributed by atoms with Crippen molar-refractivity contribution in [2.45, 2.75) is 51.8 Å². The zero-order valence-corrected chi connectivity index (χ0v) is 16.8. The van der Waals surface area contributed by atoms with E-state index in [1.165, 1.54) is 5.56 Å². The topological polar surface area (TPSA) is 76.8 Å². The van der Waals surface area contributed by atoms with Gasteiger partial charge in [-0.05, 0) is 49.5 Å². The van der Waals surface area contributed by atoms with Crippen molar-refractivity contribution in [3.8, 4) is 0 Å². The molecule has 0 radical (unpaired) electrons. The minimum Gasteiger partial charge on any atom is -0.486 e. The molecule has 2 aliphatic heterocycles. The van der Waals surface area contributed by atoms with Crippen LogP contribution in [-0.4, -0.2) is 36.7 Å². The summed E-state index contributed by atoms with van der Waals surface area (Å²) in [6, 6.07) is 8.37. The molecule has 2 saturated heterocycles. The summed E-state index contributed by atoms with van der Waals surface area (Å²) in [5.74, 6) is 1.65. The fourth-order valence-electron chi connectivity index (χ4n) is 3.73. The number of rotatable bonds is 5. The third-order valence-electron chi connectivity index (χ3n) is 5.25.